The fourth-order valence-electron chi connectivity index (χ4n) is 2.37. The maximum absolute atomic E-state index is 13.2. The molecule has 1 aromatic carbocycles. The third-order valence-electron chi connectivity index (χ3n) is 3.32. The molecule has 0 heterocycles. The first-order chi connectivity index (χ1) is 8.09. The van der Waals surface area contributed by atoms with Gasteiger partial charge in [0.05, 0.1) is 4.92 Å². The molecule has 0 unspecified atom stereocenters. The molecule has 0 aliphatic heterocycles. The average Bonchev–Trinajstić information content (AvgIpc) is 2.79. The fraction of sp³-hybridized carbons (Fsp3) is 0.417. The maximum Gasteiger partial charge on any atom is 0.305 e. The number of benzene rings is 1. The number of nitro groups is 1. The van der Waals surface area contributed by atoms with Crippen LogP contribution in [-0.2, 0) is 5.54 Å². The summed E-state index contributed by atoms with van der Waals surface area (Å²) in [5.41, 5.74) is -0.658. The molecule has 1 aliphatic rings. The van der Waals surface area contributed by atoms with Gasteiger partial charge in [0.1, 0.15) is 0 Å². The van der Waals surface area contributed by atoms with Crippen molar-refractivity contribution in [2.45, 2.75) is 31.2 Å². The van der Waals surface area contributed by atoms with Crippen LogP contribution in [0.3, 0.4) is 0 Å². The van der Waals surface area contributed by atoms with Crippen molar-refractivity contribution < 1.29 is 9.31 Å². The van der Waals surface area contributed by atoms with Crippen LogP contribution in [0.15, 0.2) is 18.2 Å². The van der Waals surface area contributed by atoms with Crippen LogP contribution in [-0.4, -0.2) is 4.92 Å². The summed E-state index contributed by atoms with van der Waals surface area (Å²) in [6.45, 7) is 7.28. The van der Waals surface area contributed by atoms with Crippen molar-refractivity contribution in [3.05, 3.63) is 51.1 Å². The summed E-state index contributed by atoms with van der Waals surface area (Å²) in [7, 11) is 0. The second kappa shape index (κ2) is 4.13. The minimum Gasteiger partial charge on any atom is -0.305 e. The van der Waals surface area contributed by atoms with Crippen molar-refractivity contribution in [1.29, 1.82) is 0 Å². The van der Waals surface area contributed by atoms with Gasteiger partial charge in [-0.2, -0.15) is 4.39 Å². The Bertz CT molecular complexity index is 502. The lowest BCUT2D eigenvalue weighted by Gasteiger charge is -2.15. The Balaban J connectivity index is 2.50. The summed E-state index contributed by atoms with van der Waals surface area (Å²) in [6, 6.07) is 3.78. The zero-order valence-electron chi connectivity index (χ0n) is 9.15. The Hall–Kier alpha value is -1.96. The topological polar surface area (TPSA) is 47.5 Å². The normalized spacial score (nSPS) is 17.6. The summed E-state index contributed by atoms with van der Waals surface area (Å²) in [6.07, 6.45) is 3.26. The molecule has 0 atom stereocenters. The van der Waals surface area contributed by atoms with Gasteiger partial charge in [0.2, 0.25) is 5.82 Å². The first-order valence-electron chi connectivity index (χ1n) is 5.42. The molecule has 2 rings (SSSR count). The van der Waals surface area contributed by atoms with E-state index < -0.39 is 22.0 Å². The summed E-state index contributed by atoms with van der Waals surface area (Å²) >= 11 is 0. The van der Waals surface area contributed by atoms with Crippen LogP contribution in [0.4, 0.5) is 10.1 Å². The second-order valence-electron chi connectivity index (χ2n) is 4.27. The predicted molar refractivity (Wildman–Crippen MR) is 59.8 cm³/mol. The van der Waals surface area contributed by atoms with Gasteiger partial charge in [-0.15, -0.1) is 0 Å². The van der Waals surface area contributed by atoms with E-state index >= 15 is 0 Å². The number of halogens is 1. The van der Waals surface area contributed by atoms with Crippen LogP contribution in [0, 0.1) is 22.5 Å². The highest BCUT2D eigenvalue weighted by Crippen LogP contribution is 2.43. The van der Waals surface area contributed by atoms with Gasteiger partial charge in [-0.1, -0.05) is 0 Å². The van der Waals surface area contributed by atoms with Crippen molar-refractivity contribution in [1.82, 2.24) is 0 Å². The standard InChI is InChI=1S/C12H11FN2O2/c1-14-12(6-2-3-7-12)9-4-5-10(13)11(8-9)15(16)17/h4-5,8H,2-3,6-7H2. The van der Waals surface area contributed by atoms with Crippen LogP contribution < -0.4 is 0 Å². The Morgan fingerprint density at radius 3 is 2.59 bits per heavy atom. The van der Waals surface area contributed by atoms with E-state index in [0.29, 0.717) is 18.4 Å². The van der Waals surface area contributed by atoms with Gasteiger partial charge in [-0.3, -0.25) is 10.1 Å². The van der Waals surface area contributed by atoms with Crippen LogP contribution in [0.5, 0.6) is 0 Å². The first-order valence-corrected chi connectivity index (χ1v) is 5.42. The summed E-state index contributed by atoms with van der Waals surface area (Å²) in [4.78, 5) is 13.5. The smallest absolute Gasteiger partial charge is 0.305 e. The van der Waals surface area contributed by atoms with Crippen LogP contribution in [0.1, 0.15) is 31.2 Å². The summed E-state index contributed by atoms with van der Waals surface area (Å²) < 4.78 is 13.2. The maximum atomic E-state index is 13.2. The third-order valence-corrected chi connectivity index (χ3v) is 3.32. The van der Waals surface area contributed by atoms with E-state index in [1.807, 2.05) is 0 Å². The highest BCUT2D eigenvalue weighted by Gasteiger charge is 2.43. The molecule has 1 aromatic rings. The molecule has 0 saturated heterocycles. The minimum absolute atomic E-state index is 0.544. The van der Waals surface area contributed by atoms with Gasteiger partial charge in [-0.05, 0) is 25.0 Å². The van der Waals surface area contributed by atoms with Gasteiger partial charge in [0, 0.05) is 24.5 Å². The Morgan fingerprint density at radius 1 is 1.41 bits per heavy atom. The van der Waals surface area contributed by atoms with E-state index in [1.165, 1.54) is 12.1 Å². The molecular weight excluding hydrogens is 223 g/mol. The second-order valence-corrected chi connectivity index (χ2v) is 4.27. The van der Waals surface area contributed by atoms with Gasteiger partial charge in [0.25, 0.3) is 5.54 Å². The first kappa shape index (κ1) is 11.5. The van der Waals surface area contributed by atoms with E-state index in [4.69, 9.17) is 6.57 Å². The molecule has 5 heteroatoms. The lowest BCUT2D eigenvalue weighted by molar-refractivity contribution is -0.387. The Labute approximate surface area is 98.0 Å². The molecule has 0 amide bonds. The van der Waals surface area contributed by atoms with E-state index in [-0.39, 0.29) is 0 Å². The van der Waals surface area contributed by atoms with Crippen LogP contribution in [0.2, 0.25) is 0 Å². The van der Waals surface area contributed by atoms with E-state index in [1.54, 1.807) is 0 Å². The van der Waals surface area contributed by atoms with E-state index in [9.17, 15) is 14.5 Å². The van der Waals surface area contributed by atoms with Crippen LogP contribution >= 0.6 is 0 Å². The molecule has 0 bridgehead atoms. The van der Waals surface area contributed by atoms with Crippen molar-refractivity contribution >= 4 is 5.69 Å². The van der Waals surface area contributed by atoms with Gasteiger partial charge in [-0.25, -0.2) is 6.57 Å². The lowest BCUT2D eigenvalue weighted by Crippen LogP contribution is -2.17. The molecule has 0 N–H and O–H groups in total. The molecule has 0 spiro atoms. The van der Waals surface area contributed by atoms with Crippen LogP contribution in [0.25, 0.3) is 4.85 Å². The molecule has 4 nitrogen and oxygen atoms in total. The molecule has 0 aromatic heterocycles. The fourth-order valence-corrected chi connectivity index (χ4v) is 2.37. The molecule has 1 aliphatic carbocycles. The lowest BCUT2D eigenvalue weighted by atomic mass is 9.89. The van der Waals surface area contributed by atoms with E-state index in [0.717, 1.165) is 18.9 Å². The van der Waals surface area contributed by atoms with Crippen molar-refractivity contribution in [3.8, 4) is 0 Å². The highest BCUT2D eigenvalue weighted by atomic mass is 19.1. The Morgan fingerprint density at radius 2 is 2.06 bits per heavy atom. The average molecular weight is 234 g/mol. The minimum atomic E-state index is -0.850. The largest absolute Gasteiger partial charge is 0.305 e. The number of hydrogen-bond donors (Lipinski definition) is 0. The summed E-state index contributed by atoms with van der Waals surface area (Å²) in [5.74, 6) is -0.850. The number of hydrogen-bond acceptors (Lipinski definition) is 2. The number of nitrogens with zero attached hydrogens (tertiary/aromatic N) is 2. The number of nitro benzene ring substituents is 1. The zero-order chi connectivity index (χ0) is 12.5. The monoisotopic (exact) mass is 234 g/mol. The highest BCUT2D eigenvalue weighted by molar-refractivity contribution is 5.41. The van der Waals surface area contributed by atoms with Crippen molar-refractivity contribution in [3.63, 3.8) is 0 Å². The Kier molecular flexibility index (Phi) is 2.80. The quantitative estimate of drug-likeness (QED) is 0.447. The summed E-state index contributed by atoms with van der Waals surface area (Å²) in [5, 5.41) is 10.7. The third kappa shape index (κ3) is 1.86. The van der Waals surface area contributed by atoms with Crippen molar-refractivity contribution in [2.24, 2.45) is 0 Å². The zero-order valence-corrected chi connectivity index (χ0v) is 9.15. The molecule has 1 saturated carbocycles. The van der Waals surface area contributed by atoms with Gasteiger partial charge < -0.3 is 4.85 Å². The van der Waals surface area contributed by atoms with Crippen molar-refractivity contribution in [2.75, 3.05) is 0 Å². The van der Waals surface area contributed by atoms with Gasteiger partial charge >= 0.3 is 5.69 Å². The molecule has 17 heavy (non-hydrogen) atoms. The molecular formula is C12H11FN2O2. The molecule has 88 valence electrons. The molecule has 1 fully saturated rings. The van der Waals surface area contributed by atoms with Gasteiger partial charge in [0.15, 0.2) is 0 Å². The number of rotatable bonds is 2. The molecule has 0 radical (unpaired) electrons. The SMILES string of the molecule is [C-]#[N+]C1(c2ccc(F)c([N+](=O)[O-])c2)CCCC1. The predicted octanol–water partition coefficient (Wildman–Crippen LogP) is 3.42. The van der Waals surface area contributed by atoms with E-state index in [2.05, 4.69) is 4.85 Å².